The van der Waals surface area contributed by atoms with Gasteiger partial charge in [0.2, 0.25) is 6.79 Å². The highest BCUT2D eigenvalue weighted by Gasteiger charge is 2.20. The van der Waals surface area contributed by atoms with Crippen LogP contribution in [0, 0.1) is 0 Å². The molecule has 166 valence electrons. The lowest BCUT2D eigenvalue weighted by Gasteiger charge is -2.13. The van der Waals surface area contributed by atoms with Gasteiger partial charge in [0.15, 0.2) is 17.5 Å². The van der Waals surface area contributed by atoms with Crippen molar-refractivity contribution in [3.8, 4) is 17.2 Å². The van der Waals surface area contributed by atoms with E-state index < -0.39 is 6.61 Å². The third-order valence-corrected chi connectivity index (χ3v) is 4.22. The summed E-state index contributed by atoms with van der Waals surface area (Å²) < 4.78 is 42.5. The minimum atomic E-state index is -2.93. The first kappa shape index (κ1) is 24.0. The molecular weight excluding hydrogens is 511 g/mol. The summed E-state index contributed by atoms with van der Waals surface area (Å²) in [5.41, 5.74) is 1.66. The maximum absolute atomic E-state index is 12.8. The first-order valence-corrected chi connectivity index (χ1v) is 9.42. The molecule has 1 aliphatic rings. The molecule has 1 aliphatic heterocycles. The van der Waals surface area contributed by atoms with E-state index >= 15 is 0 Å². The lowest BCUT2D eigenvalue weighted by Crippen LogP contribution is -2.37. The molecule has 1 aromatic carbocycles. The van der Waals surface area contributed by atoms with E-state index in [1.807, 2.05) is 26.4 Å². The van der Waals surface area contributed by atoms with Crippen LogP contribution in [0.1, 0.15) is 24.5 Å². The molecule has 0 amide bonds. The highest BCUT2D eigenvalue weighted by atomic mass is 127. The molecule has 0 aliphatic carbocycles. The van der Waals surface area contributed by atoms with E-state index in [1.165, 1.54) is 11.6 Å². The van der Waals surface area contributed by atoms with E-state index in [9.17, 15) is 8.78 Å². The molecule has 0 bridgehead atoms. The Bertz CT molecular complexity index is 848. The van der Waals surface area contributed by atoms with Crippen molar-refractivity contribution in [1.29, 1.82) is 0 Å². The molecule has 11 heteroatoms. The summed E-state index contributed by atoms with van der Waals surface area (Å²) in [6, 6.07) is 3.03. The van der Waals surface area contributed by atoms with Crippen molar-refractivity contribution >= 4 is 29.9 Å². The van der Waals surface area contributed by atoms with Gasteiger partial charge in [-0.2, -0.15) is 13.9 Å². The number of aliphatic imine (C=N–C) groups is 1. The van der Waals surface area contributed by atoms with Crippen LogP contribution in [0.25, 0.3) is 0 Å². The number of halogens is 3. The fourth-order valence-corrected chi connectivity index (χ4v) is 2.90. The van der Waals surface area contributed by atoms with Crippen LogP contribution >= 0.6 is 24.0 Å². The second-order valence-electron chi connectivity index (χ2n) is 6.44. The van der Waals surface area contributed by atoms with E-state index in [-0.39, 0.29) is 43.1 Å². The van der Waals surface area contributed by atoms with Gasteiger partial charge < -0.3 is 24.8 Å². The number of fused-ring (bicyclic) bond motifs is 1. The van der Waals surface area contributed by atoms with Crippen molar-refractivity contribution in [3.05, 3.63) is 35.7 Å². The third kappa shape index (κ3) is 6.89. The van der Waals surface area contributed by atoms with E-state index in [2.05, 4.69) is 25.5 Å². The van der Waals surface area contributed by atoms with E-state index in [0.29, 0.717) is 36.1 Å². The van der Waals surface area contributed by atoms with Gasteiger partial charge in [-0.15, -0.1) is 24.0 Å². The number of rotatable bonds is 9. The van der Waals surface area contributed by atoms with Crippen LogP contribution in [0.2, 0.25) is 0 Å². The fourth-order valence-electron chi connectivity index (χ4n) is 2.90. The van der Waals surface area contributed by atoms with Crippen LogP contribution in [0.5, 0.6) is 17.2 Å². The third-order valence-electron chi connectivity index (χ3n) is 4.22. The molecule has 0 saturated heterocycles. The van der Waals surface area contributed by atoms with E-state index in [0.717, 1.165) is 12.8 Å². The maximum atomic E-state index is 12.8. The number of nitrogens with one attached hydrogen (secondary N) is 2. The normalized spacial score (nSPS) is 12.6. The number of guanidine groups is 1. The summed E-state index contributed by atoms with van der Waals surface area (Å²) in [4.78, 5) is 4.48. The number of hydrogen-bond donors (Lipinski definition) is 2. The van der Waals surface area contributed by atoms with Crippen LogP contribution < -0.4 is 24.8 Å². The van der Waals surface area contributed by atoms with Gasteiger partial charge >= 0.3 is 6.61 Å². The van der Waals surface area contributed by atoms with Crippen LogP contribution in [0.4, 0.5) is 8.78 Å². The smallest absolute Gasteiger partial charge is 0.387 e. The van der Waals surface area contributed by atoms with Crippen LogP contribution in [0.15, 0.2) is 29.5 Å². The van der Waals surface area contributed by atoms with Crippen molar-refractivity contribution < 1.29 is 23.0 Å². The Kier molecular flexibility index (Phi) is 9.40. The molecule has 0 radical (unpaired) electrons. The largest absolute Gasteiger partial charge is 0.454 e. The van der Waals surface area contributed by atoms with Gasteiger partial charge in [-0.3, -0.25) is 4.68 Å². The van der Waals surface area contributed by atoms with Crippen molar-refractivity contribution in [1.82, 2.24) is 20.4 Å². The number of aromatic nitrogens is 2. The van der Waals surface area contributed by atoms with Crippen molar-refractivity contribution in [3.63, 3.8) is 0 Å². The maximum Gasteiger partial charge on any atom is 0.387 e. The van der Waals surface area contributed by atoms with Crippen LogP contribution in [-0.2, 0) is 20.0 Å². The average Bonchev–Trinajstić information content (AvgIpc) is 3.30. The summed E-state index contributed by atoms with van der Waals surface area (Å²) in [7, 11) is 1.89. The highest BCUT2D eigenvalue weighted by molar-refractivity contribution is 14.0. The molecule has 2 aromatic rings. The van der Waals surface area contributed by atoms with Gasteiger partial charge in [0, 0.05) is 38.0 Å². The van der Waals surface area contributed by atoms with Crippen molar-refractivity contribution in [2.24, 2.45) is 12.0 Å². The Labute approximate surface area is 191 Å². The summed E-state index contributed by atoms with van der Waals surface area (Å²) in [6.45, 7) is 0.613. The molecule has 2 N–H and O–H groups in total. The summed E-state index contributed by atoms with van der Waals surface area (Å²) in [6.07, 6.45) is 5.64. The van der Waals surface area contributed by atoms with Gasteiger partial charge in [0.05, 0.1) is 12.7 Å². The first-order valence-electron chi connectivity index (χ1n) is 9.42. The Morgan fingerprint density at radius 2 is 2.07 bits per heavy atom. The number of ether oxygens (including phenoxy) is 3. The monoisotopic (exact) mass is 537 g/mol. The Balaban J connectivity index is 0.00000320. The predicted octanol–water partition coefficient (Wildman–Crippen LogP) is 3.06. The van der Waals surface area contributed by atoms with E-state index in [1.54, 1.807) is 10.7 Å². The lowest BCUT2D eigenvalue weighted by molar-refractivity contribution is -0.0505. The van der Waals surface area contributed by atoms with Gasteiger partial charge in [-0.25, -0.2) is 4.99 Å². The Morgan fingerprint density at radius 1 is 1.30 bits per heavy atom. The molecule has 3 rings (SSSR count). The summed E-state index contributed by atoms with van der Waals surface area (Å²) in [5.74, 6) is 1.50. The predicted molar refractivity (Wildman–Crippen MR) is 119 cm³/mol. The van der Waals surface area contributed by atoms with Gasteiger partial charge in [-0.1, -0.05) is 0 Å². The SMILES string of the molecule is CCNC(=NCc1cc2c(cc1OC(F)F)OCO2)NCCCc1cnn(C)c1.I. The molecule has 8 nitrogen and oxygen atoms in total. The topological polar surface area (TPSA) is 81.9 Å². The number of aryl methyl sites for hydroxylation is 2. The molecule has 0 fully saturated rings. The molecule has 0 spiro atoms. The molecule has 2 heterocycles. The molecule has 0 unspecified atom stereocenters. The van der Waals surface area contributed by atoms with Gasteiger partial charge in [-0.05, 0) is 31.4 Å². The molecular formula is C19H26F2IN5O3. The second kappa shape index (κ2) is 11.8. The standard InChI is InChI=1S/C19H25F2N5O3.HI/c1-3-22-19(23-6-4-5-13-9-25-26(2)11-13)24-10-14-7-16-17(28-12-27-16)8-15(14)29-18(20)21;/h7-9,11,18H,3-6,10,12H2,1-2H3,(H2,22,23,24);1H. The Morgan fingerprint density at radius 3 is 2.73 bits per heavy atom. The zero-order chi connectivity index (χ0) is 20.6. The number of alkyl halides is 2. The minimum absolute atomic E-state index is 0. The van der Waals surface area contributed by atoms with Crippen molar-refractivity contribution in [2.45, 2.75) is 32.9 Å². The minimum Gasteiger partial charge on any atom is -0.454 e. The fraction of sp³-hybridized carbons (Fsp3) is 0.474. The first-order chi connectivity index (χ1) is 14.0. The molecule has 0 saturated carbocycles. The van der Waals surface area contributed by atoms with Crippen LogP contribution in [0.3, 0.4) is 0 Å². The number of nitrogens with zero attached hydrogens (tertiary/aromatic N) is 3. The second-order valence-corrected chi connectivity index (χ2v) is 6.44. The number of hydrogen-bond acceptors (Lipinski definition) is 5. The highest BCUT2D eigenvalue weighted by Crippen LogP contribution is 2.39. The summed E-state index contributed by atoms with van der Waals surface area (Å²) in [5, 5.41) is 10.5. The molecule has 0 atom stereocenters. The zero-order valence-electron chi connectivity index (χ0n) is 16.9. The summed E-state index contributed by atoms with van der Waals surface area (Å²) >= 11 is 0. The average molecular weight is 537 g/mol. The zero-order valence-corrected chi connectivity index (χ0v) is 19.2. The van der Waals surface area contributed by atoms with E-state index in [4.69, 9.17) is 9.47 Å². The van der Waals surface area contributed by atoms with Gasteiger partial charge in [0.1, 0.15) is 5.75 Å². The quantitative estimate of drug-likeness (QED) is 0.222. The van der Waals surface area contributed by atoms with Crippen LogP contribution in [-0.4, -0.2) is 42.2 Å². The molecule has 1 aromatic heterocycles. The van der Waals surface area contributed by atoms with Gasteiger partial charge in [0.25, 0.3) is 0 Å². The molecule has 30 heavy (non-hydrogen) atoms. The van der Waals surface area contributed by atoms with Crippen molar-refractivity contribution in [2.75, 3.05) is 19.9 Å². The Hall–Kier alpha value is -2.31. The number of benzene rings is 1. The lowest BCUT2D eigenvalue weighted by atomic mass is 10.1.